The van der Waals surface area contributed by atoms with Gasteiger partial charge in [-0.25, -0.2) is 4.39 Å². The van der Waals surface area contributed by atoms with E-state index in [1.807, 2.05) is 0 Å². The van der Waals surface area contributed by atoms with Gasteiger partial charge in [0.1, 0.15) is 5.82 Å². The average molecular weight is 274 g/mol. The van der Waals surface area contributed by atoms with E-state index in [0.717, 1.165) is 31.7 Å². The SMILES string of the molecule is O=C(NCCCCCCO)c1ccc(F)cc1Cl. The summed E-state index contributed by atoms with van der Waals surface area (Å²) in [4.78, 5) is 11.7. The maximum Gasteiger partial charge on any atom is 0.252 e. The van der Waals surface area contributed by atoms with Gasteiger partial charge in [0.15, 0.2) is 0 Å². The summed E-state index contributed by atoms with van der Waals surface area (Å²) in [5.41, 5.74) is 0.286. The Morgan fingerprint density at radius 1 is 1.28 bits per heavy atom. The Kier molecular flexibility index (Phi) is 6.68. The predicted octanol–water partition coefficient (Wildman–Crippen LogP) is 2.76. The molecule has 0 aliphatic carbocycles. The molecule has 0 heterocycles. The number of amides is 1. The summed E-state index contributed by atoms with van der Waals surface area (Å²) in [6.45, 7) is 0.759. The van der Waals surface area contributed by atoms with E-state index in [0.29, 0.717) is 6.54 Å². The van der Waals surface area contributed by atoms with Crippen LogP contribution in [0.3, 0.4) is 0 Å². The van der Waals surface area contributed by atoms with Crippen LogP contribution >= 0.6 is 11.6 Å². The van der Waals surface area contributed by atoms with Crippen LogP contribution in [0.1, 0.15) is 36.0 Å². The van der Waals surface area contributed by atoms with Crippen molar-refractivity contribution in [3.63, 3.8) is 0 Å². The second-order valence-electron chi connectivity index (χ2n) is 4.02. The van der Waals surface area contributed by atoms with E-state index in [-0.39, 0.29) is 23.1 Å². The fourth-order valence-corrected chi connectivity index (χ4v) is 1.81. The minimum atomic E-state index is -0.458. The van der Waals surface area contributed by atoms with E-state index in [4.69, 9.17) is 16.7 Å². The van der Waals surface area contributed by atoms with Crippen LogP contribution in [0.25, 0.3) is 0 Å². The van der Waals surface area contributed by atoms with Crippen molar-refractivity contribution >= 4 is 17.5 Å². The first-order valence-electron chi connectivity index (χ1n) is 5.99. The topological polar surface area (TPSA) is 49.3 Å². The van der Waals surface area contributed by atoms with Crippen molar-refractivity contribution in [3.8, 4) is 0 Å². The van der Waals surface area contributed by atoms with Gasteiger partial charge in [0.2, 0.25) is 0 Å². The van der Waals surface area contributed by atoms with Crippen LogP contribution in [0.15, 0.2) is 18.2 Å². The summed E-state index contributed by atoms with van der Waals surface area (Å²) in [7, 11) is 0. The van der Waals surface area contributed by atoms with Gasteiger partial charge < -0.3 is 10.4 Å². The zero-order valence-corrected chi connectivity index (χ0v) is 10.8. The second-order valence-corrected chi connectivity index (χ2v) is 4.43. The Morgan fingerprint density at radius 3 is 2.67 bits per heavy atom. The van der Waals surface area contributed by atoms with Crippen molar-refractivity contribution in [1.29, 1.82) is 0 Å². The molecule has 0 fully saturated rings. The molecular formula is C13H17ClFNO2. The van der Waals surface area contributed by atoms with Crippen molar-refractivity contribution in [1.82, 2.24) is 5.32 Å². The Hall–Kier alpha value is -1.13. The standard InChI is InChI=1S/C13H17ClFNO2/c14-12-9-10(15)5-6-11(12)13(18)16-7-3-1-2-4-8-17/h5-6,9,17H,1-4,7-8H2,(H,16,18). The third-order valence-corrected chi connectivity index (χ3v) is 2.86. The number of hydrogen-bond donors (Lipinski definition) is 2. The van der Waals surface area contributed by atoms with E-state index in [2.05, 4.69) is 5.32 Å². The summed E-state index contributed by atoms with van der Waals surface area (Å²) in [5.74, 6) is -0.747. The van der Waals surface area contributed by atoms with Crippen molar-refractivity contribution in [2.24, 2.45) is 0 Å². The number of nitrogens with one attached hydrogen (secondary N) is 1. The molecule has 1 aromatic rings. The van der Waals surface area contributed by atoms with Gasteiger partial charge in [0.05, 0.1) is 10.6 Å². The van der Waals surface area contributed by atoms with E-state index in [1.54, 1.807) is 0 Å². The number of benzene rings is 1. The summed E-state index contributed by atoms with van der Waals surface area (Å²) in [6.07, 6.45) is 3.55. The molecule has 0 aliphatic rings. The normalized spacial score (nSPS) is 10.4. The highest BCUT2D eigenvalue weighted by Crippen LogP contribution is 2.16. The first-order chi connectivity index (χ1) is 8.65. The molecule has 0 atom stereocenters. The largest absolute Gasteiger partial charge is 0.396 e. The maximum atomic E-state index is 12.8. The summed E-state index contributed by atoms with van der Waals surface area (Å²) >= 11 is 5.78. The lowest BCUT2D eigenvalue weighted by Gasteiger charge is -2.06. The minimum Gasteiger partial charge on any atom is -0.396 e. The Labute approximate surface area is 111 Å². The third kappa shape index (κ3) is 5.02. The molecule has 3 nitrogen and oxygen atoms in total. The quantitative estimate of drug-likeness (QED) is 0.751. The fraction of sp³-hybridized carbons (Fsp3) is 0.462. The lowest BCUT2D eigenvalue weighted by atomic mass is 10.2. The lowest BCUT2D eigenvalue weighted by Crippen LogP contribution is -2.24. The van der Waals surface area contributed by atoms with Crippen molar-refractivity contribution in [2.75, 3.05) is 13.2 Å². The van der Waals surface area contributed by atoms with Crippen LogP contribution in [0, 0.1) is 5.82 Å². The van der Waals surface area contributed by atoms with E-state index < -0.39 is 5.82 Å². The minimum absolute atomic E-state index is 0.118. The van der Waals surface area contributed by atoms with Gasteiger partial charge >= 0.3 is 0 Å². The van der Waals surface area contributed by atoms with Gasteiger partial charge in [-0.05, 0) is 31.0 Å². The van der Waals surface area contributed by atoms with Gasteiger partial charge in [0.25, 0.3) is 5.91 Å². The van der Waals surface area contributed by atoms with Crippen LogP contribution in [-0.4, -0.2) is 24.2 Å². The second kappa shape index (κ2) is 8.06. The smallest absolute Gasteiger partial charge is 0.252 e. The van der Waals surface area contributed by atoms with E-state index >= 15 is 0 Å². The molecule has 1 aromatic carbocycles. The number of hydrogen-bond acceptors (Lipinski definition) is 2. The molecule has 0 saturated heterocycles. The summed E-state index contributed by atoms with van der Waals surface area (Å²) < 4.78 is 12.8. The van der Waals surface area contributed by atoms with Gasteiger partial charge in [-0.3, -0.25) is 4.79 Å². The van der Waals surface area contributed by atoms with Gasteiger partial charge in [0, 0.05) is 13.2 Å². The Balaban J connectivity index is 2.32. The fourth-order valence-electron chi connectivity index (χ4n) is 1.56. The molecule has 100 valence electrons. The van der Waals surface area contributed by atoms with Crippen molar-refractivity contribution < 1.29 is 14.3 Å². The number of carbonyl (C=O) groups is 1. The molecular weight excluding hydrogens is 257 g/mol. The number of aliphatic hydroxyl groups is 1. The average Bonchev–Trinajstić information content (AvgIpc) is 2.33. The highest BCUT2D eigenvalue weighted by molar-refractivity contribution is 6.33. The molecule has 0 unspecified atom stereocenters. The van der Waals surface area contributed by atoms with Gasteiger partial charge in [-0.1, -0.05) is 24.4 Å². The highest BCUT2D eigenvalue weighted by atomic mass is 35.5. The molecule has 1 rings (SSSR count). The molecule has 0 spiro atoms. The van der Waals surface area contributed by atoms with Crippen LogP contribution in [0.2, 0.25) is 5.02 Å². The molecule has 2 N–H and O–H groups in total. The van der Waals surface area contributed by atoms with Crippen molar-refractivity contribution in [2.45, 2.75) is 25.7 Å². The first-order valence-corrected chi connectivity index (χ1v) is 6.37. The molecule has 0 aliphatic heterocycles. The number of halogens is 2. The third-order valence-electron chi connectivity index (χ3n) is 2.55. The number of rotatable bonds is 7. The number of carbonyl (C=O) groups excluding carboxylic acids is 1. The predicted molar refractivity (Wildman–Crippen MR) is 69.3 cm³/mol. The van der Waals surface area contributed by atoms with Crippen LogP contribution in [0.5, 0.6) is 0 Å². The molecule has 0 bridgehead atoms. The monoisotopic (exact) mass is 273 g/mol. The van der Waals surface area contributed by atoms with Crippen LogP contribution < -0.4 is 5.32 Å². The van der Waals surface area contributed by atoms with Crippen LogP contribution in [0.4, 0.5) is 4.39 Å². The molecule has 1 amide bonds. The zero-order chi connectivity index (χ0) is 13.4. The summed E-state index contributed by atoms with van der Waals surface area (Å²) in [5, 5.41) is 11.4. The van der Waals surface area contributed by atoms with Gasteiger partial charge in [-0.15, -0.1) is 0 Å². The maximum absolute atomic E-state index is 12.8. The molecule has 5 heteroatoms. The van der Waals surface area contributed by atoms with E-state index in [9.17, 15) is 9.18 Å². The Bertz CT molecular complexity index is 399. The van der Waals surface area contributed by atoms with Gasteiger partial charge in [-0.2, -0.15) is 0 Å². The molecule has 0 saturated carbocycles. The van der Waals surface area contributed by atoms with Crippen LogP contribution in [-0.2, 0) is 0 Å². The number of unbranched alkanes of at least 4 members (excludes halogenated alkanes) is 3. The zero-order valence-electron chi connectivity index (χ0n) is 10.1. The lowest BCUT2D eigenvalue weighted by molar-refractivity contribution is 0.0953. The molecule has 0 radical (unpaired) electrons. The first kappa shape index (κ1) is 14.9. The van der Waals surface area contributed by atoms with E-state index in [1.165, 1.54) is 12.1 Å². The molecule has 18 heavy (non-hydrogen) atoms. The highest BCUT2D eigenvalue weighted by Gasteiger charge is 2.09. The molecule has 0 aromatic heterocycles. The summed E-state index contributed by atoms with van der Waals surface area (Å²) in [6, 6.07) is 3.71. The van der Waals surface area contributed by atoms with Crippen molar-refractivity contribution in [3.05, 3.63) is 34.6 Å². The number of aliphatic hydroxyl groups excluding tert-OH is 1. The Morgan fingerprint density at radius 2 is 2.00 bits per heavy atom.